The average Bonchev–Trinajstić information content (AvgIpc) is 1.84. The van der Waals surface area contributed by atoms with Crippen molar-refractivity contribution < 1.29 is 8.42 Å². The average molecular weight is 163 g/mol. The number of rotatable bonds is 5. The minimum absolute atomic E-state index is 0.143. The van der Waals surface area contributed by atoms with Crippen molar-refractivity contribution in [3.8, 4) is 0 Å². The van der Waals surface area contributed by atoms with Crippen LogP contribution in [0, 0.1) is 0 Å². The SMILES string of the molecule is C=NCCS(=O)(=O)CCC. The number of sulfone groups is 1. The van der Waals surface area contributed by atoms with Crippen LogP contribution < -0.4 is 0 Å². The first-order chi connectivity index (χ1) is 4.62. The van der Waals surface area contributed by atoms with Crippen molar-refractivity contribution in [2.45, 2.75) is 13.3 Å². The lowest BCUT2D eigenvalue weighted by Crippen LogP contribution is -2.12. The summed E-state index contributed by atoms with van der Waals surface area (Å²) in [4.78, 5) is 3.47. The Kier molecular flexibility index (Phi) is 4.27. The van der Waals surface area contributed by atoms with Gasteiger partial charge in [-0.1, -0.05) is 6.92 Å². The zero-order valence-electron chi connectivity index (χ0n) is 6.21. The lowest BCUT2D eigenvalue weighted by molar-refractivity contribution is 0.594. The molecule has 0 radical (unpaired) electrons. The highest BCUT2D eigenvalue weighted by Crippen LogP contribution is 1.92. The van der Waals surface area contributed by atoms with E-state index in [0.717, 1.165) is 0 Å². The minimum Gasteiger partial charge on any atom is -0.300 e. The summed E-state index contributed by atoms with van der Waals surface area (Å²) < 4.78 is 21.8. The van der Waals surface area contributed by atoms with Gasteiger partial charge < -0.3 is 0 Å². The van der Waals surface area contributed by atoms with Gasteiger partial charge in [0.25, 0.3) is 0 Å². The number of aliphatic imine (C=N–C) groups is 1. The standard InChI is InChI=1S/C6H13NO2S/c1-3-5-10(8,9)6-4-7-2/h2-6H2,1H3. The molecular formula is C6H13NO2S. The van der Waals surface area contributed by atoms with Crippen LogP contribution in [0.4, 0.5) is 0 Å². The quantitative estimate of drug-likeness (QED) is 0.554. The molecule has 0 saturated heterocycles. The molecule has 0 atom stereocenters. The third-order valence-electron chi connectivity index (χ3n) is 1.08. The van der Waals surface area contributed by atoms with E-state index < -0.39 is 9.84 Å². The van der Waals surface area contributed by atoms with E-state index in [0.29, 0.717) is 13.0 Å². The first-order valence-electron chi connectivity index (χ1n) is 3.25. The molecule has 0 unspecified atom stereocenters. The van der Waals surface area contributed by atoms with Crippen LogP contribution in [0.15, 0.2) is 4.99 Å². The van der Waals surface area contributed by atoms with E-state index in [1.165, 1.54) is 0 Å². The van der Waals surface area contributed by atoms with Crippen LogP contribution in [-0.2, 0) is 9.84 Å². The second-order valence-corrected chi connectivity index (χ2v) is 4.40. The maximum atomic E-state index is 10.9. The Labute approximate surface area is 62.1 Å². The highest BCUT2D eigenvalue weighted by molar-refractivity contribution is 7.91. The van der Waals surface area contributed by atoms with Gasteiger partial charge in [-0.3, -0.25) is 4.99 Å². The lowest BCUT2D eigenvalue weighted by atomic mass is 10.6. The summed E-state index contributed by atoms with van der Waals surface area (Å²) in [6, 6.07) is 0. The Morgan fingerprint density at radius 1 is 1.40 bits per heavy atom. The molecule has 0 aliphatic rings. The van der Waals surface area contributed by atoms with Crippen LogP contribution in [0.2, 0.25) is 0 Å². The summed E-state index contributed by atoms with van der Waals surface area (Å²) in [7, 11) is -2.83. The zero-order chi connectivity index (χ0) is 8.04. The van der Waals surface area contributed by atoms with Crippen LogP contribution in [0.1, 0.15) is 13.3 Å². The second kappa shape index (κ2) is 4.44. The van der Waals surface area contributed by atoms with Crippen molar-refractivity contribution in [1.29, 1.82) is 0 Å². The smallest absolute Gasteiger partial charge is 0.152 e. The van der Waals surface area contributed by atoms with Crippen LogP contribution in [0.3, 0.4) is 0 Å². The van der Waals surface area contributed by atoms with Gasteiger partial charge in [0.2, 0.25) is 0 Å². The predicted octanol–water partition coefficient (Wildman–Crippen LogP) is 0.512. The topological polar surface area (TPSA) is 46.5 Å². The van der Waals surface area contributed by atoms with Gasteiger partial charge in [0.05, 0.1) is 12.3 Å². The second-order valence-electron chi connectivity index (χ2n) is 2.10. The molecule has 0 aromatic heterocycles. The van der Waals surface area contributed by atoms with Gasteiger partial charge in [0, 0.05) is 5.75 Å². The van der Waals surface area contributed by atoms with Crippen LogP contribution in [-0.4, -0.2) is 33.2 Å². The van der Waals surface area contributed by atoms with Gasteiger partial charge in [0.15, 0.2) is 9.84 Å². The molecule has 60 valence electrons. The third-order valence-corrected chi connectivity index (χ3v) is 2.91. The summed E-state index contributed by atoms with van der Waals surface area (Å²) in [6.45, 7) is 5.38. The fraction of sp³-hybridized carbons (Fsp3) is 0.833. The minimum atomic E-state index is -2.83. The monoisotopic (exact) mass is 163 g/mol. The van der Waals surface area contributed by atoms with E-state index in [2.05, 4.69) is 11.7 Å². The van der Waals surface area contributed by atoms with E-state index >= 15 is 0 Å². The Morgan fingerprint density at radius 2 is 2.00 bits per heavy atom. The van der Waals surface area contributed by atoms with Crippen LogP contribution in [0.5, 0.6) is 0 Å². The molecule has 4 heteroatoms. The van der Waals surface area contributed by atoms with Crippen molar-refractivity contribution in [3.05, 3.63) is 0 Å². The van der Waals surface area contributed by atoms with Crippen molar-refractivity contribution in [2.75, 3.05) is 18.1 Å². The molecule has 0 aliphatic carbocycles. The highest BCUT2D eigenvalue weighted by Gasteiger charge is 2.06. The van der Waals surface area contributed by atoms with Crippen molar-refractivity contribution in [2.24, 2.45) is 4.99 Å². The molecule has 0 bridgehead atoms. The summed E-state index contributed by atoms with van der Waals surface area (Å²) in [6.07, 6.45) is 0.680. The molecule has 0 saturated carbocycles. The van der Waals surface area contributed by atoms with E-state index in [1.807, 2.05) is 6.92 Å². The maximum absolute atomic E-state index is 10.9. The first kappa shape index (κ1) is 9.62. The number of hydrogen-bond acceptors (Lipinski definition) is 3. The summed E-state index contributed by atoms with van der Waals surface area (Å²) in [5, 5.41) is 0. The van der Waals surface area contributed by atoms with E-state index in [-0.39, 0.29) is 11.5 Å². The molecule has 0 amide bonds. The van der Waals surface area contributed by atoms with Crippen LogP contribution >= 0.6 is 0 Å². The van der Waals surface area contributed by atoms with Crippen molar-refractivity contribution >= 4 is 16.6 Å². The Balaban J connectivity index is 3.76. The number of nitrogens with zero attached hydrogens (tertiary/aromatic N) is 1. The molecule has 10 heavy (non-hydrogen) atoms. The summed E-state index contributed by atoms with van der Waals surface area (Å²) in [5.74, 6) is 0.410. The third kappa shape index (κ3) is 4.49. The number of hydrogen-bond donors (Lipinski definition) is 0. The molecule has 0 heterocycles. The lowest BCUT2D eigenvalue weighted by Gasteiger charge is -1.97. The predicted molar refractivity (Wildman–Crippen MR) is 43.4 cm³/mol. The zero-order valence-corrected chi connectivity index (χ0v) is 7.02. The molecule has 0 aromatic rings. The van der Waals surface area contributed by atoms with Gasteiger partial charge in [-0.25, -0.2) is 8.42 Å². The van der Waals surface area contributed by atoms with Gasteiger partial charge in [0.1, 0.15) is 0 Å². The molecule has 0 rings (SSSR count). The van der Waals surface area contributed by atoms with Gasteiger partial charge in [-0.15, -0.1) is 0 Å². The van der Waals surface area contributed by atoms with Crippen LogP contribution in [0.25, 0.3) is 0 Å². The Hall–Kier alpha value is -0.380. The van der Waals surface area contributed by atoms with Gasteiger partial charge in [-0.05, 0) is 13.1 Å². The summed E-state index contributed by atoms with van der Waals surface area (Å²) in [5.41, 5.74) is 0. The van der Waals surface area contributed by atoms with Crippen molar-refractivity contribution in [3.63, 3.8) is 0 Å². The normalized spacial score (nSPS) is 11.3. The van der Waals surface area contributed by atoms with Gasteiger partial charge >= 0.3 is 0 Å². The fourth-order valence-corrected chi connectivity index (χ4v) is 1.85. The maximum Gasteiger partial charge on any atom is 0.152 e. The Morgan fingerprint density at radius 3 is 2.40 bits per heavy atom. The molecule has 0 spiro atoms. The largest absolute Gasteiger partial charge is 0.300 e. The summed E-state index contributed by atoms with van der Waals surface area (Å²) >= 11 is 0. The molecule has 0 N–H and O–H groups in total. The first-order valence-corrected chi connectivity index (χ1v) is 5.07. The van der Waals surface area contributed by atoms with Crippen molar-refractivity contribution in [1.82, 2.24) is 0 Å². The molecule has 0 aromatic carbocycles. The van der Waals surface area contributed by atoms with E-state index in [1.54, 1.807) is 0 Å². The molecule has 0 aliphatic heterocycles. The Bertz CT molecular complexity index is 184. The molecular weight excluding hydrogens is 150 g/mol. The highest BCUT2D eigenvalue weighted by atomic mass is 32.2. The fourth-order valence-electron chi connectivity index (χ4n) is 0.617. The molecule has 0 fully saturated rings. The van der Waals surface area contributed by atoms with Gasteiger partial charge in [-0.2, -0.15) is 0 Å². The van der Waals surface area contributed by atoms with E-state index in [9.17, 15) is 8.42 Å². The molecule has 3 nitrogen and oxygen atoms in total. The van der Waals surface area contributed by atoms with E-state index in [4.69, 9.17) is 0 Å².